The Labute approximate surface area is 136 Å². The summed E-state index contributed by atoms with van der Waals surface area (Å²) in [7, 11) is 3.47. The van der Waals surface area contributed by atoms with Gasteiger partial charge < -0.3 is 4.90 Å². The van der Waals surface area contributed by atoms with E-state index in [0.29, 0.717) is 12.2 Å². The van der Waals surface area contributed by atoms with Gasteiger partial charge in [0.25, 0.3) is 5.91 Å². The molecular weight excluding hydrogens is 290 g/mol. The lowest BCUT2D eigenvalue weighted by Crippen LogP contribution is -2.31. The van der Waals surface area contributed by atoms with Crippen molar-refractivity contribution in [1.82, 2.24) is 9.13 Å². The van der Waals surface area contributed by atoms with E-state index in [2.05, 4.69) is 0 Å². The van der Waals surface area contributed by atoms with Crippen molar-refractivity contribution in [2.75, 3.05) is 11.9 Å². The van der Waals surface area contributed by atoms with Crippen LogP contribution in [0.25, 0.3) is 0 Å². The summed E-state index contributed by atoms with van der Waals surface area (Å²) in [5, 5.41) is 0. The predicted molar refractivity (Wildman–Crippen MR) is 91.3 cm³/mol. The number of aryl methyl sites for hydroxylation is 1. The van der Waals surface area contributed by atoms with Crippen molar-refractivity contribution in [2.24, 2.45) is 7.05 Å². The lowest BCUT2D eigenvalue weighted by Gasteiger charge is -2.22. The Morgan fingerprint density at radius 2 is 1.96 bits per heavy atom. The van der Waals surface area contributed by atoms with Gasteiger partial charge in [-0.2, -0.15) is 0 Å². The molecule has 0 bridgehead atoms. The van der Waals surface area contributed by atoms with Gasteiger partial charge in [0, 0.05) is 26.3 Å². The molecule has 23 heavy (non-hydrogen) atoms. The zero-order valence-electron chi connectivity index (χ0n) is 14.2. The molecule has 0 N–H and O–H groups in total. The summed E-state index contributed by atoms with van der Waals surface area (Å²) in [6, 6.07) is 5.93. The standard InChI is InChI=1S/C18H23N3O2/c1-12-8-7-10-14(13(12)2)19(3)17(22)16-15-9-5-6-11-21(15)18(23)20(16)4/h7-8,10H,5-6,9,11H2,1-4H3. The number of fused-ring (bicyclic) bond motifs is 1. The maximum absolute atomic E-state index is 13.1. The summed E-state index contributed by atoms with van der Waals surface area (Å²) >= 11 is 0. The van der Waals surface area contributed by atoms with Crippen molar-refractivity contribution in [3.63, 3.8) is 0 Å². The van der Waals surface area contributed by atoms with Gasteiger partial charge in [-0.15, -0.1) is 0 Å². The molecule has 2 aromatic rings. The highest BCUT2D eigenvalue weighted by atomic mass is 16.2. The van der Waals surface area contributed by atoms with Gasteiger partial charge in [-0.25, -0.2) is 4.79 Å². The Hall–Kier alpha value is -2.30. The first kappa shape index (κ1) is 15.6. The van der Waals surface area contributed by atoms with E-state index < -0.39 is 0 Å². The molecule has 0 spiro atoms. The molecule has 0 unspecified atom stereocenters. The number of amides is 1. The average molecular weight is 313 g/mol. The molecule has 0 saturated heterocycles. The molecule has 1 aliphatic rings. The minimum atomic E-state index is -0.117. The van der Waals surface area contributed by atoms with Crippen molar-refractivity contribution < 1.29 is 4.79 Å². The first-order chi connectivity index (χ1) is 10.9. The van der Waals surface area contributed by atoms with Crippen LogP contribution in [0.5, 0.6) is 0 Å². The van der Waals surface area contributed by atoms with Crippen molar-refractivity contribution in [3.05, 3.63) is 51.2 Å². The van der Waals surface area contributed by atoms with Crippen LogP contribution in [-0.4, -0.2) is 22.1 Å². The zero-order valence-corrected chi connectivity index (χ0v) is 14.2. The lowest BCUT2D eigenvalue weighted by atomic mass is 10.1. The van der Waals surface area contributed by atoms with Crippen molar-refractivity contribution in [2.45, 2.75) is 39.7 Å². The predicted octanol–water partition coefficient (Wildman–Crippen LogP) is 2.42. The third kappa shape index (κ3) is 2.40. The fourth-order valence-electron chi connectivity index (χ4n) is 3.39. The van der Waals surface area contributed by atoms with E-state index in [-0.39, 0.29) is 11.6 Å². The summed E-state index contributed by atoms with van der Waals surface area (Å²) in [5.74, 6) is -0.117. The minimum absolute atomic E-state index is 0.0857. The third-order valence-electron chi connectivity index (χ3n) is 4.94. The number of hydrogen-bond donors (Lipinski definition) is 0. The zero-order chi connectivity index (χ0) is 16.7. The molecule has 0 saturated carbocycles. The smallest absolute Gasteiger partial charge is 0.310 e. The Morgan fingerprint density at radius 1 is 1.22 bits per heavy atom. The van der Waals surface area contributed by atoms with E-state index >= 15 is 0 Å². The molecule has 5 nitrogen and oxygen atoms in total. The molecule has 2 heterocycles. The summed E-state index contributed by atoms with van der Waals surface area (Å²) in [6.07, 6.45) is 2.81. The maximum atomic E-state index is 13.1. The van der Waals surface area contributed by atoms with E-state index in [4.69, 9.17) is 0 Å². The van der Waals surface area contributed by atoms with Gasteiger partial charge in [-0.3, -0.25) is 13.9 Å². The number of hydrogen-bond acceptors (Lipinski definition) is 2. The molecule has 0 radical (unpaired) electrons. The van der Waals surface area contributed by atoms with Crippen LogP contribution in [0.3, 0.4) is 0 Å². The number of rotatable bonds is 2. The summed E-state index contributed by atoms with van der Waals surface area (Å²) in [4.78, 5) is 27.1. The first-order valence-electron chi connectivity index (χ1n) is 8.06. The molecule has 0 atom stereocenters. The Kier molecular flexibility index (Phi) is 3.88. The molecule has 1 aliphatic heterocycles. The second kappa shape index (κ2) is 5.72. The second-order valence-corrected chi connectivity index (χ2v) is 6.33. The van der Waals surface area contributed by atoms with Gasteiger partial charge >= 0.3 is 5.69 Å². The van der Waals surface area contributed by atoms with Crippen LogP contribution < -0.4 is 10.6 Å². The monoisotopic (exact) mass is 313 g/mol. The molecule has 122 valence electrons. The minimum Gasteiger partial charge on any atom is -0.310 e. The van der Waals surface area contributed by atoms with Crippen LogP contribution >= 0.6 is 0 Å². The van der Waals surface area contributed by atoms with Gasteiger partial charge in [-0.05, 0) is 50.3 Å². The molecule has 1 aromatic heterocycles. The second-order valence-electron chi connectivity index (χ2n) is 6.33. The quantitative estimate of drug-likeness (QED) is 0.855. The number of imidazole rings is 1. The van der Waals surface area contributed by atoms with Crippen molar-refractivity contribution >= 4 is 11.6 Å². The van der Waals surface area contributed by atoms with Gasteiger partial charge in [0.1, 0.15) is 5.69 Å². The summed E-state index contributed by atoms with van der Waals surface area (Å²) in [5.41, 5.74) is 4.44. The van der Waals surface area contributed by atoms with E-state index in [1.54, 1.807) is 23.6 Å². The van der Waals surface area contributed by atoms with Crippen molar-refractivity contribution in [3.8, 4) is 0 Å². The molecule has 1 amide bonds. The maximum Gasteiger partial charge on any atom is 0.328 e. The molecule has 5 heteroatoms. The summed E-state index contributed by atoms with van der Waals surface area (Å²) in [6.45, 7) is 4.76. The Bertz CT molecular complexity index is 830. The van der Waals surface area contributed by atoms with Crippen LogP contribution in [0.2, 0.25) is 0 Å². The fourth-order valence-corrected chi connectivity index (χ4v) is 3.39. The SMILES string of the molecule is Cc1cccc(N(C)C(=O)c2c3n(c(=O)n2C)CCCC3)c1C. The Balaban J connectivity index is 2.07. The number of carbonyl (C=O) groups is 1. The third-order valence-corrected chi connectivity index (χ3v) is 4.94. The topological polar surface area (TPSA) is 47.2 Å². The van der Waals surface area contributed by atoms with Gasteiger partial charge in [0.15, 0.2) is 0 Å². The number of aromatic nitrogens is 2. The molecule has 3 rings (SSSR count). The number of nitrogens with zero attached hydrogens (tertiary/aromatic N) is 3. The largest absolute Gasteiger partial charge is 0.328 e. The van der Waals surface area contributed by atoms with Crippen LogP contribution in [0.15, 0.2) is 23.0 Å². The number of anilines is 1. The highest BCUT2D eigenvalue weighted by molar-refractivity contribution is 6.05. The van der Waals surface area contributed by atoms with Gasteiger partial charge in [-0.1, -0.05) is 12.1 Å². The highest BCUT2D eigenvalue weighted by Gasteiger charge is 2.28. The number of carbonyl (C=O) groups excluding carboxylic acids is 1. The van der Waals surface area contributed by atoms with Crippen LogP contribution in [0.1, 0.15) is 40.2 Å². The fraction of sp³-hybridized carbons (Fsp3) is 0.444. The number of benzene rings is 1. The lowest BCUT2D eigenvalue weighted by molar-refractivity contribution is 0.0983. The average Bonchev–Trinajstić information content (AvgIpc) is 2.81. The van der Waals surface area contributed by atoms with Crippen LogP contribution in [-0.2, 0) is 20.0 Å². The Morgan fingerprint density at radius 3 is 2.70 bits per heavy atom. The van der Waals surface area contributed by atoms with Gasteiger partial charge in [0.2, 0.25) is 0 Å². The van der Waals surface area contributed by atoms with Gasteiger partial charge in [0.05, 0.1) is 5.69 Å². The van der Waals surface area contributed by atoms with Crippen molar-refractivity contribution in [1.29, 1.82) is 0 Å². The van der Waals surface area contributed by atoms with Crippen LogP contribution in [0, 0.1) is 13.8 Å². The van der Waals surface area contributed by atoms with E-state index in [0.717, 1.165) is 41.8 Å². The van der Waals surface area contributed by atoms with E-state index in [1.165, 1.54) is 4.57 Å². The first-order valence-corrected chi connectivity index (χ1v) is 8.06. The highest BCUT2D eigenvalue weighted by Crippen LogP contribution is 2.25. The molecular formula is C18H23N3O2. The molecule has 0 fully saturated rings. The van der Waals surface area contributed by atoms with E-state index in [1.807, 2.05) is 32.0 Å². The summed E-state index contributed by atoms with van der Waals surface area (Å²) < 4.78 is 3.26. The van der Waals surface area contributed by atoms with E-state index in [9.17, 15) is 9.59 Å². The molecule has 0 aliphatic carbocycles. The van der Waals surface area contributed by atoms with Crippen LogP contribution in [0.4, 0.5) is 5.69 Å². The molecule has 1 aromatic carbocycles. The normalized spacial score (nSPS) is 13.7.